The Balaban J connectivity index is 3.45. The zero-order valence-electron chi connectivity index (χ0n) is 6.09. The molecular weight excluding hydrogens is 187 g/mol. The molecule has 1 aromatic heterocycles. The maximum Gasteiger partial charge on any atom is 0.333 e. The normalized spacial score (nSPS) is 11.9. The molecule has 62 valence electrons. The lowest BCUT2D eigenvalue weighted by Crippen LogP contribution is -1.93. The summed E-state index contributed by atoms with van der Waals surface area (Å²) in [5.41, 5.74) is 0.481. The van der Waals surface area contributed by atoms with Crippen LogP contribution >= 0.6 is 11.3 Å². The van der Waals surface area contributed by atoms with Crippen molar-refractivity contribution in [1.82, 2.24) is 0 Å². The maximum atomic E-state index is 12.5. The lowest BCUT2D eigenvalue weighted by molar-refractivity contribution is 0.551. The van der Waals surface area contributed by atoms with Crippen LogP contribution in [0.5, 0.6) is 0 Å². The van der Waals surface area contributed by atoms with Gasteiger partial charge in [-0.05, 0) is 24.8 Å². The van der Waals surface area contributed by atoms with Gasteiger partial charge in [0, 0.05) is 4.88 Å². The number of rotatable bonds is 1. The van der Waals surface area contributed by atoms with Gasteiger partial charge in [0.05, 0.1) is 0 Å². The molecule has 0 atom stereocenters. The molecule has 0 amide bonds. The van der Waals surface area contributed by atoms with Gasteiger partial charge in [-0.25, -0.2) is 0 Å². The van der Waals surface area contributed by atoms with Crippen LogP contribution in [0.2, 0.25) is 0 Å². The fourth-order valence-corrected chi connectivity index (χ4v) is 2.97. The lowest BCUT2D eigenvalue weighted by Gasteiger charge is -1.92. The summed E-state index contributed by atoms with van der Waals surface area (Å²) in [6, 6.07) is 0. The molecular formula is C6H7FO2S2. The Labute approximate surface area is 68.9 Å². The van der Waals surface area contributed by atoms with E-state index in [0.717, 1.165) is 0 Å². The molecule has 0 aliphatic heterocycles. The quantitative estimate of drug-likeness (QED) is 0.641. The Morgan fingerprint density at radius 1 is 1.45 bits per heavy atom. The molecule has 11 heavy (non-hydrogen) atoms. The summed E-state index contributed by atoms with van der Waals surface area (Å²) in [6.07, 6.45) is 0. The van der Waals surface area contributed by atoms with E-state index in [9.17, 15) is 12.3 Å². The minimum absolute atomic E-state index is 0.164. The van der Waals surface area contributed by atoms with Gasteiger partial charge in [0.15, 0.2) is 0 Å². The van der Waals surface area contributed by atoms with Gasteiger partial charge in [-0.3, -0.25) is 0 Å². The van der Waals surface area contributed by atoms with Gasteiger partial charge in [0.2, 0.25) is 0 Å². The van der Waals surface area contributed by atoms with Gasteiger partial charge in [-0.15, -0.1) is 15.2 Å². The van der Waals surface area contributed by atoms with Crippen molar-refractivity contribution in [2.75, 3.05) is 0 Å². The second-order valence-corrected chi connectivity index (χ2v) is 4.61. The van der Waals surface area contributed by atoms with E-state index >= 15 is 0 Å². The van der Waals surface area contributed by atoms with E-state index in [-0.39, 0.29) is 4.90 Å². The van der Waals surface area contributed by atoms with E-state index in [2.05, 4.69) is 0 Å². The van der Waals surface area contributed by atoms with E-state index < -0.39 is 10.2 Å². The van der Waals surface area contributed by atoms with Gasteiger partial charge in [-0.1, -0.05) is 0 Å². The zero-order valence-corrected chi connectivity index (χ0v) is 7.72. The van der Waals surface area contributed by atoms with Crippen LogP contribution in [0.4, 0.5) is 3.89 Å². The summed E-state index contributed by atoms with van der Waals surface area (Å²) in [6.45, 7) is 3.17. The summed E-state index contributed by atoms with van der Waals surface area (Å²) in [7, 11) is -4.51. The number of aryl methyl sites for hydroxylation is 2. The SMILES string of the molecule is Cc1csc(C)c1S(=O)(=O)F. The van der Waals surface area contributed by atoms with Gasteiger partial charge < -0.3 is 0 Å². The highest BCUT2D eigenvalue weighted by atomic mass is 32.3. The van der Waals surface area contributed by atoms with E-state index in [1.165, 1.54) is 11.3 Å². The standard InChI is InChI=1S/C6H7FO2S2/c1-4-3-10-5(2)6(4)11(7,8)9/h3H,1-2H3. The van der Waals surface area contributed by atoms with Gasteiger partial charge >= 0.3 is 10.2 Å². The average molecular weight is 194 g/mol. The Hall–Kier alpha value is -0.420. The second-order valence-electron chi connectivity index (χ2n) is 2.24. The molecule has 0 bridgehead atoms. The maximum absolute atomic E-state index is 12.5. The van der Waals surface area contributed by atoms with Crippen molar-refractivity contribution >= 4 is 21.6 Å². The van der Waals surface area contributed by atoms with E-state index in [1.807, 2.05) is 0 Å². The molecule has 1 heterocycles. The Morgan fingerprint density at radius 3 is 2.18 bits per heavy atom. The van der Waals surface area contributed by atoms with Crippen LogP contribution < -0.4 is 0 Å². The fraction of sp³-hybridized carbons (Fsp3) is 0.333. The van der Waals surface area contributed by atoms with Gasteiger partial charge in [-0.2, -0.15) is 8.42 Å². The average Bonchev–Trinajstić information content (AvgIpc) is 2.08. The number of thiophene rings is 1. The van der Waals surface area contributed by atoms with E-state index in [4.69, 9.17) is 0 Å². The van der Waals surface area contributed by atoms with Crippen molar-refractivity contribution in [1.29, 1.82) is 0 Å². The summed E-state index contributed by atoms with van der Waals surface area (Å²) >= 11 is 1.24. The summed E-state index contributed by atoms with van der Waals surface area (Å²) < 4.78 is 33.4. The highest BCUT2D eigenvalue weighted by molar-refractivity contribution is 7.86. The van der Waals surface area contributed by atoms with Crippen molar-refractivity contribution in [3.8, 4) is 0 Å². The predicted octanol–water partition coefficient (Wildman–Crippen LogP) is 2.02. The first-order valence-corrected chi connectivity index (χ1v) is 5.18. The van der Waals surface area contributed by atoms with Crippen molar-refractivity contribution in [3.05, 3.63) is 15.8 Å². The fourth-order valence-electron chi connectivity index (χ4n) is 0.925. The van der Waals surface area contributed by atoms with E-state index in [1.54, 1.807) is 19.2 Å². The lowest BCUT2D eigenvalue weighted by atomic mass is 10.3. The van der Waals surface area contributed by atoms with Crippen molar-refractivity contribution in [2.45, 2.75) is 18.7 Å². The van der Waals surface area contributed by atoms with Gasteiger partial charge in [0.1, 0.15) is 4.90 Å². The molecule has 0 radical (unpaired) electrons. The number of hydrogen-bond acceptors (Lipinski definition) is 3. The van der Waals surface area contributed by atoms with Crippen molar-refractivity contribution < 1.29 is 12.3 Å². The first kappa shape index (κ1) is 8.67. The summed E-state index contributed by atoms with van der Waals surface area (Å²) in [4.78, 5) is 0.340. The third-order valence-corrected chi connectivity index (χ3v) is 3.61. The highest BCUT2D eigenvalue weighted by Crippen LogP contribution is 2.26. The molecule has 0 saturated heterocycles. The predicted molar refractivity (Wildman–Crippen MR) is 42.1 cm³/mol. The topological polar surface area (TPSA) is 34.1 Å². The van der Waals surface area contributed by atoms with Crippen LogP contribution in [0.25, 0.3) is 0 Å². The number of halogens is 1. The zero-order chi connectivity index (χ0) is 8.65. The third kappa shape index (κ3) is 1.59. The molecule has 0 aliphatic rings. The highest BCUT2D eigenvalue weighted by Gasteiger charge is 2.19. The Morgan fingerprint density at radius 2 is 2.00 bits per heavy atom. The number of hydrogen-bond donors (Lipinski definition) is 0. The third-order valence-electron chi connectivity index (χ3n) is 1.33. The van der Waals surface area contributed by atoms with Crippen molar-refractivity contribution in [3.63, 3.8) is 0 Å². The van der Waals surface area contributed by atoms with Crippen LogP contribution in [0.3, 0.4) is 0 Å². The smallest absolute Gasteiger partial charge is 0.189 e. The van der Waals surface area contributed by atoms with Crippen LogP contribution in [0, 0.1) is 13.8 Å². The minimum atomic E-state index is -4.51. The Kier molecular flexibility index (Phi) is 2.02. The monoisotopic (exact) mass is 194 g/mol. The molecule has 0 spiro atoms. The molecule has 0 aliphatic carbocycles. The molecule has 1 aromatic rings. The van der Waals surface area contributed by atoms with Crippen molar-refractivity contribution in [2.24, 2.45) is 0 Å². The van der Waals surface area contributed by atoms with E-state index in [0.29, 0.717) is 10.4 Å². The van der Waals surface area contributed by atoms with Crippen LogP contribution in [0.15, 0.2) is 10.3 Å². The molecule has 2 nitrogen and oxygen atoms in total. The molecule has 0 N–H and O–H groups in total. The van der Waals surface area contributed by atoms with Crippen LogP contribution in [-0.2, 0) is 10.2 Å². The summed E-state index contributed by atoms with van der Waals surface area (Å²) in [5, 5.41) is 1.63. The molecule has 5 heteroatoms. The summed E-state index contributed by atoms with van der Waals surface area (Å²) in [5.74, 6) is 0. The largest absolute Gasteiger partial charge is 0.333 e. The molecule has 0 aromatic carbocycles. The molecule has 0 unspecified atom stereocenters. The van der Waals surface area contributed by atoms with Crippen LogP contribution in [0.1, 0.15) is 10.4 Å². The molecule has 0 fully saturated rings. The minimum Gasteiger partial charge on any atom is -0.189 e. The first-order valence-electron chi connectivity index (χ1n) is 2.92. The molecule has 0 saturated carbocycles. The Bertz CT molecular complexity index is 344. The van der Waals surface area contributed by atoms with Crippen LogP contribution in [-0.4, -0.2) is 8.42 Å². The second kappa shape index (κ2) is 2.57. The first-order chi connectivity index (χ1) is 4.93. The van der Waals surface area contributed by atoms with Gasteiger partial charge in [0.25, 0.3) is 0 Å². The molecule has 1 rings (SSSR count).